The summed E-state index contributed by atoms with van der Waals surface area (Å²) < 4.78 is 11.3. The van der Waals surface area contributed by atoms with Crippen LogP contribution in [-0.2, 0) is 11.2 Å². The van der Waals surface area contributed by atoms with E-state index in [0.717, 1.165) is 38.2 Å². The second-order valence-corrected chi connectivity index (χ2v) is 6.20. The fraction of sp³-hybridized carbons (Fsp3) is 0.667. The van der Waals surface area contributed by atoms with Gasteiger partial charge >= 0.3 is 0 Å². The van der Waals surface area contributed by atoms with E-state index in [1.54, 1.807) is 7.11 Å². The van der Waals surface area contributed by atoms with E-state index >= 15 is 0 Å². The van der Waals surface area contributed by atoms with Gasteiger partial charge in [-0.25, -0.2) is 0 Å². The highest BCUT2D eigenvalue weighted by Crippen LogP contribution is 2.46. The van der Waals surface area contributed by atoms with Gasteiger partial charge in [-0.05, 0) is 37.1 Å². The van der Waals surface area contributed by atoms with E-state index in [9.17, 15) is 0 Å². The minimum absolute atomic E-state index is 0.241. The van der Waals surface area contributed by atoms with Crippen molar-refractivity contribution in [1.82, 2.24) is 5.32 Å². The first-order valence-corrected chi connectivity index (χ1v) is 8.12. The Morgan fingerprint density at radius 3 is 2.52 bits per heavy atom. The third-order valence-corrected chi connectivity index (χ3v) is 4.99. The molecule has 1 fully saturated rings. The van der Waals surface area contributed by atoms with Gasteiger partial charge in [0, 0.05) is 25.0 Å². The van der Waals surface area contributed by atoms with Crippen LogP contribution >= 0.6 is 0 Å². The van der Waals surface area contributed by atoms with Gasteiger partial charge in [0.25, 0.3) is 0 Å². The van der Waals surface area contributed by atoms with Gasteiger partial charge in [-0.1, -0.05) is 32.9 Å². The molecule has 0 amide bonds. The number of ether oxygens (including phenoxy) is 2. The molecule has 1 aromatic rings. The van der Waals surface area contributed by atoms with Crippen molar-refractivity contribution >= 4 is 0 Å². The fourth-order valence-corrected chi connectivity index (χ4v) is 3.15. The lowest BCUT2D eigenvalue weighted by atomic mass is 9.61. The number of hydrogen-bond donors (Lipinski definition) is 1. The van der Waals surface area contributed by atoms with Crippen molar-refractivity contribution < 1.29 is 9.47 Å². The molecule has 2 rings (SSSR count). The molecule has 1 aliphatic rings. The zero-order valence-electron chi connectivity index (χ0n) is 13.8. The maximum Gasteiger partial charge on any atom is 0.119 e. The minimum Gasteiger partial charge on any atom is -0.490 e. The summed E-state index contributed by atoms with van der Waals surface area (Å²) in [5, 5.41) is 3.58. The number of methoxy groups -OCH3 is 1. The Balaban J connectivity index is 1.93. The third-order valence-electron chi connectivity index (χ3n) is 4.99. The first kappa shape index (κ1) is 16.3. The van der Waals surface area contributed by atoms with Gasteiger partial charge in [0.15, 0.2) is 0 Å². The topological polar surface area (TPSA) is 30.5 Å². The lowest BCUT2D eigenvalue weighted by Crippen LogP contribution is -2.63. The molecule has 1 aromatic carbocycles. The van der Waals surface area contributed by atoms with Crippen LogP contribution in [0.5, 0.6) is 5.75 Å². The molecule has 1 aliphatic carbocycles. The molecule has 0 heterocycles. The molecule has 1 saturated carbocycles. The van der Waals surface area contributed by atoms with Crippen molar-refractivity contribution in [1.29, 1.82) is 0 Å². The van der Waals surface area contributed by atoms with E-state index in [-0.39, 0.29) is 5.41 Å². The molecule has 1 N–H and O–H groups in total. The highest BCUT2D eigenvalue weighted by atomic mass is 16.5. The Morgan fingerprint density at radius 2 is 1.95 bits per heavy atom. The predicted octanol–water partition coefficient (Wildman–Crippen LogP) is 3.42. The monoisotopic (exact) mass is 291 g/mol. The maximum absolute atomic E-state index is 6.22. The van der Waals surface area contributed by atoms with Crippen LogP contribution in [0.15, 0.2) is 24.3 Å². The number of rotatable bonds is 8. The van der Waals surface area contributed by atoms with Crippen LogP contribution in [0.3, 0.4) is 0 Å². The quantitative estimate of drug-likeness (QED) is 0.796. The highest BCUT2D eigenvalue weighted by molar-refractivity contribution is 5.28. The lowest BCUT2D eigenvalue weighted by molar-refractivity contribution is -0.0697. The molecule has 21 heavy (non-hydrogen) atoms. The van der Waals surface area contributed by atoms with Gasteiger partial charge < -0.3 is 14.8 Å². The molecule has 0 aliphatic heterocycles. The number of benzene rings is 1. The first-order valence-electron chi connectivity index (χ1n) is 8.12. The standard InChI is InChI=1S/C18H29NO2/c1-5-18(3)16(19-6-2)13-17(18)21-15-9-7-14(8-10-15)11-12-20-4/h7-10,16-17,19H,5-6,11-13H2,1-4H3. The SMILES string of the molecule is CCNC1CC(Oc2ccc(CCOC)cc2)C1(C)CC. The Labute approximate surface area is 129 Å². The molecule has 3 heteroatoms. The van der Waals surface area contributed by atoms with E-state index in [2.05, 4.69) is 50.4 Å². The molecule has 0 saturated heterocycles. The fourth-order valence-electron chi connectivity index (χ4n) is 3.15. The van der Waals surface area contributed by atoms with Gasteiger partial charge in [0.2, 0.25) is 0 Å². The van der Waals surface area contributed by atoms with Crippen molar-refractivity contribution in [3.8, 4) is 5.75 Å². The molecule has 0 bridgehead atoms. The van der Waals surface area contributed by atoms with Crippen molar-refractivity contribution in [3.05, 3.63) is 29.8 Å². The van der Waals surface area contributed by atoms with Gasteiger partial charge in [-0.15, -0.1) is 0 Å². The Morgan fingerprint density at radius 1 is 1.24 bits per heavy atom. The lowest BCUT2D eigenvalue weighted by Gasteiger charge is -2.53. The zero-order chi connectivity index (χ0) is 15.3. The maximum atomic E-state index is 6.22. The Hall–Kier alpha value is -1.06. The largest absolute Gasteiger partial charge is 0.490 e. The highest BCUT2D eigenvalue weighted by Gasteiger charge is 2.51. The molecular weight excluding hydrogens is 262 g/mol. The molecular formula is C18H29NO2. The van der Waals surface area contributed by atoms with Gasteiger partial charge in [0.1, 0.15) is 11.9 Å². The van der Waals surface area contributed by atoms with Crippen molar-refractivity contribution in [3.63, 3.8) is 0 Å². The normalized spacial score (nSPS) is 28.2. The second-order valence-electron chi connectivity index (χ2n) is 6.20. The van der Waals surface area contributed by atoms with E-state index in [4.69, 9.17) is 9.47 Å². The van der Waals surface area contributed by atoms with Crippen LogP contribution in [0.4, 0.5) is 0 Å². The smallest absolute Gasteiger partial charge is 0.119 e. The summed E-state index contributed by atoms with van der Waals surface area (Å²) in [6.45, 7) is 8.56. The molecule has 3 nitrogen and oxygen atoms in total. The predicted molar refractivity (Wildman–Crippen MR) is 86.9 cm³/mol. The van der Waals surface area contributed by atoms with Gasteiger partial charge in [0.05, 0.1) is 6.61 Å². The second kappa shape index (κ2) is 7.28. The van der Waals surface area contributed by atoms with Crippen molar-refractivity contribution in [2.24, 2.45) is 5.41 Å². The number of hydrogen-bond acceptors (Lipinski definition) is 3. The molecule has 0 aromatic heterocycles. The summed E-state index contributed by atoms with van der Waals surface area (Å²) >= 11 is 0. The van der Waals surface area contributed by atoms with Crippen molar-refractivity contribution in [2.45, 2.75) is 52.2 Å². The van der Waals surface area contributed by atoms with Crippen LogP contribution in [0.2, 0.25) is 0 Å². The van der Waals surface area contributed by atoms with E-state index in [1.165, 1.54) is 5.56 Å². The minimum atomic E-state index is 0.241. The summed E-state index contributed by atoms with van der Waals surface area (Å²) in [7, 11) is 1.74. The van der Waals surface area contributed by atoms with Crippen LogP contribution < -0.4 is 10.1 Å². The molecule has 3 atom stereocenters. The molecule has 0 spiro atoms. The molecule has 3 unspecified atom stereocenters. The van der Waals surface area contributed by atoms with E-state index < -0.39 is 0 Å². The summed E-state index contributed by atoms with van der Waals surface area (Å²) in [5.74, 6) is 0.982. The third kappa shape index (κ3) is 3.58. The zero-order valence-corrected chi connectivity index (χ0v) is 13.8. The van der Waals surface area contributed by atoms with Crippen LogP contribution in [0.1, 0.15) is 39.2 Å². The first-order chi connectivity index (χ1) is 10.1. The summed E-state index contributed by atoms with van der Waals surface area (Å²) in [4.78, 5) is 0. The van der Waals surface area contributed by atoms with Crippen LogP contribution in [0.25, 0.3) is 0 Å². The summed E-state index contributed by atoms with van der Waals surface area (Å²) in [6.07, 6.45) is 3.51. The Kier molecular flexibility index (Phi) is 5.65. The van der Waals surface area contributed by atoms with Gasteiger partial charge in [-0.2, -0.15) is 0 Å². The average Bonchev–Trinajstić information content (AvgIpc) is 2.52. The van der Waals surface area contributed by atoms with Crippen LogP contribution in [-0.4, -0.2) is 32.4 Å². The molecule has 0 radical (unpaired) electrons. The summed E-state index contributed by atoms with van der Waals surface area (Å²) in [6, 6.07) is 9.03. The van der Waals surface area contributed by atoms with E-state index in [1.807, 2.05) is 0 Å². The summed E-state index contributed by atoms with van der Waals surface area (Å²) in [5.41, 5.74) is 1.53. The van der Waals surface area contributed by atoms with Crippen LogP contribution in [0, 0.1) is 5.41 Å². The van der Waals surface area contributed by atoms with Crippen molar-refractivity contribution in [2.75, 3.05) is 20.3 Å². The van der Waals surface area contributed by atoms with Gasteiger partial charge in [-0.3, -0.25) is 0 Å². The van der Waals surface area contributed by atoms with E-state index in [0.29, 0.717) is 12.1 Å². The number of nitrogens with one attached hydrogen (secondary N) is 1. The molecule has 118 valence electrons. The average molecular weight is 291 g/mol. The Bertz CT molecular complexity index is 431.